The fraction of sp³-hybridized carbons (Fsp3) is 0. The van der Waals surface area contributed by atoms with Gasteiger partial charge in [-0.25, -0.2) is 0 Å². The van der Waals surface area contributed by atoms with Crippen LogP contribution in [0, 0.1) is 0 Å². The summed E-state index contributed by atoms with van der Waals surface area (Å²) in [7, 11) is -0.236. The zero-order valence-corrected chi connectivity index (χ0v) is 29.7. The Morgan fingerprint density at radius 2 is 1.11 bits per heavy atom. The van der Waals surface area contributed by atoms with Crippen LogP contribution in [0.1, 0.15) is 0 Å². The minimum Gasteiger partial charge on any atom is -0.453 e. The normalized spacial score (nSPS) is 14.2. The van der Waals surface area contributed by atoms with E-state index in [9.17, 15) is 0 Å². The van der Waals surface area contributed by atoms with E-state index in [1.165, 1.54) is 71.0 Å². The molecular weight excluding hydrogens is 659 g/mol. The molecule has 1 radical (unpaired) electrons. The highest BCUT2D eigenvalue weighted by molar-refractivity contribution is 7.23. The summed E-state index contributed by atoms with van der Waals surface area (Å²) in [6, 6.07) is 64.7. The Morgan fingerprint density at radius 3 is 1.94 bits per heavy atom. The molecule has 0 unspecified atom stereocenters. The molecule has 0 atom stereocenters. The molecule has 4 heterocycles. The first-order chi connectivity index (χ1) is 26.3. The van der Waals surface area contributed by atoms with Crippen molar-refractivity contribution in [2.75, 3.05) is 10.2 Å². The molecule has 0 aromatic heterocycles. The minimum atomic E-state index is -2.68. The lowest BCUT2D eigenvalue weighted by molar-refractivity contribution is 0.481. The summed E-state index contributed by atoms with van der Waals surface area (Å²) in [5.41, 5.74) is 15.5. The van der Waals surface area contributed by atoms with E-state index in [-0.39, 0.29) is 0 Å². The predicted molar refractivity (Wildman–Crippen MR) is 223 cm³/mol. The maximum absolute atomic E-state index is 6.50. The summed E-state index contributed by atoms with van der Waals surface area (Å²) in [6.07, 6.45) is 0. The second kappa shape index (κ2) is 10.7. The van der Waals surface area contributed by atoms with Crippen LogP contribution in [-0.4, -0.2) is 15.4 Å². The molecule has 0 saturated carbocycles. The van der Waals surface area contributed by atoms with Gasteiger partial charge in [0, 0.05) is 22.6 Å². The molecule has 4 aliphatic rings. The average Bonchev–Trinajstić information content (AvgIpc) is 3.52. The standard InChI is InChI=1S/C48H30BN2OSi/c1-2-14-30(15-3-1)31-28-35(34-18-12-23-41-47(34)50-37-20-6-8-22-40(37)52-41)46-39(29-31)51-38-21-7-11-26-44(38)53(45-27-13-19-36(49-46)48(45)51)42-24-9-4-16-32(42)33-17-5-10-25-43(33)53/h1-29,50H. The van der Waals surface area contributed by atoms with Crippen molar-refractivity contribution in [3.8, 4) is 44.9 Å². The van der Waals surface area contributed by atoms with Crippen molar-refractivity contribution in [1.82, 2.24) is 0 Å². The molecule has 8 aromatic carbocycles. The van der Waals surface area contributed by atoms with Crippen LogP contribution < -0.4 is 46.6 Å². The highest BCUT2D eigenvalue weighted by Crippen LogP contribution is 2.49. The van der Waals surface area contributed by atoms with E-state index in [0.29, 0.717) is 0 Å². The number of ether oxygens (including phenoxy) is 1. The van der Waals surface area contributed by atoms with Gasteiger partial charge in [0.25, 0.3) is 0 Å². The van der Waals surface area contributed by atoms with Crippen LogP contribution in [0.5, 0.6) is 11.5 Å². The van der Waals surface area contributed by atoms with Crippen molar-refractivity contribution in [3.05, 3.63) is 176 Å². The van der Waals surface area contributed by atoms with Gasteiger partial charge in [0.1, 0.15) is 0 Å². The number of anilines is 5. The minimum absolute atomic E-state index is 0.827. The van der Waals surface area contributed by atoms with Gasteiger partial charge in [0.05, 0.1) is 11.4 Å². The fourth-order valence-corrected chi connectivity index (χ4v) is 15.1. The summed E-state index contributed by atoms with van der Waals surface area (Å²) in [4.78, 5) is 2.59. The quantitative estimate of drug-likeness (QED) is 0.187. The average molecular weight is 690 g/mol. The summed E-state index contributed by atoms with van der Waals surface area (Å²) >= 11 is 0. The zero-order valence-electron chi connectivity index (χ0n) is 28.7. The highest BCUT2D eigenvalue weighted by atomic mass is 28.3. The van der Waals surface area contributed by atoms with Crippen molar-refractivity contribution in [2.24, 2.45) is 0 Å². The molecule has 1 N–H and O–H groups in total. The first-order valence-corrected chi connectivity index (χ1v) is 20.3. The number of hydrogen-bond donors (Lipinski definition) is 1. The van der Waals surface area contributed by atoms with Crippen LogP contribution in [0.4, 0.5) is 28.4 Å². The second-order valence-corrected chi connectivity index (χ2v) is 18.0. The molecule has 12 rings (SSSR count). The van der Waals surface area contributed by atoms with Crippen molar-refractivity contribution in [2.45, 2.75) is 0 Å². The molecule has 0 fully saturated rings. The maximum Gasteiger partial charge on any atom is 0.197 e. The van der Waals surface area contributed by atoms with Gasteiger partial charge in [-0.2, -0.15) is 0 Å². The van der Waals surface area contributed by atoms with Crippen LogP contribution in [-0.2, 0) is 0 Å². The summed E-state index contributed by atoms with van der Waals surface area (Å²) in [5, 5.41) is 9.60. The first-order valence-electron chi connectivity index (χ1n) is 18.3. The third-order valence-electron chi connectivity index (χ3n) is 11.7. The van der Waals surface area contributed by atoms with Gasteiger partial charge in [0.2, 0.25) is 0 Å². The molecule has 3 nitrogen and oxygen atoms in total. The van der Waals surface area contributed by atoms with Gasteiger partial charge in [-0.15, -0.1) is 0 Å². The third kappa shape index (κ3) is 3.84. The number of fused-ring (bicyclic) bond motifs is 13. The van der Waals surface area contributed by atoms with Crippen LogP contribution in [0.2, 0.25) is 0 Å². The van der Waals surface area contributed by atoms with Crippen molar-refractivity contribution < 1.29 is 4.74 Å². The molecule has 53 heavy (non-hydrogen) atoms. The number of rotatable bonds is 2. The van der Waals surface area contributed by atoms with Crippen LogP contribution in [0.25, 0.3) is 33.4 Å². The largest absolute Gasteiger partial charge is 0.453 e. The van der Waals surface area contributed by atoms with Crippen LogP contribution in [0.3, 0.4) is 0 Å². The molecule has 0 bridgehead atoms. The summed E-state index contributed by atoms with van der Waals surface area (Å²) in [6.45, 7) is 0. The van der Waals surface area contributed by atoms with E-state index in [1.807, 2.05) is 18.2 Å². The van der Waals surface area contributed by atoms with E-state index in [4.69, 9.17) is 4.74 Å². The Labute approximate surface area is 310 Å². The fourth-order valence-electron chi connectivity index (χ4n) is 9.58. The lowest BCUT2D eigenvalue weighted by Crippen LogP contribution is -2.76. The van der Waals surface area contributed by atoms with Crippen molar-refractivity contribution in [1.29, 1.82) is 0 Å². The van der Waals surface area contributed by atoms with E-state index >= 15 is 0 Å². The Morgan fingerprint density at radius 1 is 0.472 bits per heavy atom. The SMILES string of the molecule is [B]1c2cccc3c2N(c2ccccc2[Si]32c3ccccc3-c3ccccc32)c2cc(-c3ccccc3)cc(-c3cccc4c3Nc3ccccc3O4)c21. The topological polar surface area (TPSA) is 24.5 Å². The molecule has 1 spiro atoms. The zero-order chi connectivity index (χ0) is 34.7. The maximum atomic E-state index is 6.50. The van der Waals surface area contributed by atoms with Gasteiger partial charge in [-0.05, 0) is 90.4 Å². The van der Waals surface area contributed by atoms with Crippen molar-refractivity contribution >= 4 is 75.5 Å². The Balaban J connectivity index is 1.16. The van der Waals surface area contributed by atoms with Gasteiger partial charge in [-0.3, -0.25) is 0 Å². The van der Waals surface area contributed by atoms with Gasteiger partial charge >= 0.3 is 0 Å². The molecule has 0 saturated heterocycles. The number of nitrogens with zero attached hydrogens (tertiary/aromatic N) is 1. The van der Waals surface area contributed by atoms with E-state index in [1.54, 1.807) is 0 Å². The Hall–Kier alpha value is -6.56. The molecule has 8 aromatic rings. The van der Waals surface area contributed by atoms with Crippen LogP contribution in [0.15, 0.2) is 176 Å². The number of para-hydroxylation sites is 5. The van der Waals surface area contributed by atoms with Crippen LogP contribution >= 0.6 is 0 Å². The first kappa shape index (κ1) is 29.1. The smallest absolute Gasteiger partial charge is 0.197 e. The van der Waals surface area contributed by atoms with E-state index < -0.39 is 8.07 Å². The highest BCUT2D eigenvalue weighted by Gasteiger charge is 2.54. The predicted octanol–water partition coefficient (Wildman–Crippen LogP) is 7.98. The van der Waals surface area contributed by atoms with Crippen molar-refractivity contribution in [3.63, 3.8) is 0 Å². The lowest BCUT2D eigenvalue weighted by Gasteiger charge is -2.47. The van der Waals surface area contributed by atoms with Gasteiger partial charge in [-0.1, -0.05) is 145 Å². The molecule has 0 aliphatic carbocycles. The molecular formula is C48H30BN2OSi. The third-order valence-corrected chi connectivity index (χ3v) is 16.6. The van der Waals surface area contributed by atoms with Gasteiger partial charge < -0.3 is 15.0 Å². The number of hydrogen-bond acceptors (Lipinski definition) is 3. The summed E-state index contributed by atoms with van der Waals surface area (Å²) < 4.78 is 6.50. The van der Waals surface area contributed by atoms with E-state index in [2.05, 4.69) is 175 Å². The Kier molecular flexibility index (Phi) is 5.89. The molecule has 0 amide bonds. The van der Waals surface area contributed by atoms with Gasteiger partial charge in [0.15, 0.2) is 26.9 Å². The molecule has 5 heteroatoms. The van der Waals surface area contributed by atoms with E-state index in [0.717, 1.165) is 34.0 Å². The molecule has 245 valence electrons. The molecule has 4 aliphatic heterocycles. The lowest BCUT2D eigenvalue weighted by atomic mass is 9.58. The number of benzene rings is 8. The second-order valence-electron chi connectivity index (χ2n) is 14.3. The Bertz CT molecular complexity index is 2800. The monoisotopic (exact) mass is 689 g/mol. The summed E-state index contributed by atoms with van der Waals surface area (Å²) in [5.74, 6) is 1.66. The number of nitrogens with one attached hydrogen (secondary N) is 1.